The van der Waals surface area contributed by atoms with Gasteiger partial charge >= 0.3 is 6.03 Å². The number of nitrogens with zero attached hydrogens (tertiary/aromatic N) is 3. The van der Waals surface area contributed by atoms with Gasteiger partial charge in [-0.25, -0.2) is 9.36 Å². The fourth-order valence-electron chi connectivity index (χ4n) is 2.18. The molecule has 1 unspecified atom stereocenters. The highest BCUT2D eigenvalue weighted by atomic mass is 16.2. The number of hydrogen-bond acceptors (Lipinski definition) is 1. The van der Waals surface area contributed by atoms with E-state index < -0.39 is 0 Å². The summed E-state index contributed by atoms with van der Waals surface area (Å²) in [5.74, 6) is 0.749. The topological polar surface area (TPSA) is 29.1 Å². The first kappa shape index (κ1) is 11.2. The average Bonchev–Trinajstić information content (AvgIpc) is 2.57. The quantitative estimate of drug-likeness (QED) is 0.610. The number of imidazole rings is 1. The fourth-order valence-corrected chi connectivity index (χ4v) is 2.18. The molecule has 0 saturated carbocycles. The SMILES string of the molecule is CC1CCCN(C(=O)n2cc[n+](C)c2)CC1. The smallest absolute Gasteiger partial charge is 0.304 e. The minimum absolute atomic E-state index is 0.106. The van der Waals surface area contributed by atoms with Gasteiger partial charge in [-0.3, -0.25) is 0 Å². The van der Waals surface area contributed by atoms with Crippen LogP contribution in [0.1, 0.15) is 26.2 Å². The molecule has 1 aliphatic heterocycles. The van der Waals surface area contributed by atoms with Gasteiger partial charge in [-0.15, -0.1) is 0 Å². The van der Waals surface area contributed by atoms with Crippen LogP contribution in [0.2, 0.25) is 0 Å². The van der Waals surface area contributed by atoms with Crippen LogP contribution in [0.3, 0.4) is 0 Å². The Balaban J connectivity index is 2.04. The number of amides is 1. The fraction of sp³-hybridized carbons (Fsp3) is 0.667. The first-order valence-electron chi connectivity index (χ1n) is 5.99. The summed E-state index contributed by atoms with van der Waals surface area (Å²) in [6.45, 7) is 4.05. The van der Waals surface area contributed by atoms with E-state index in [1.165, 1.54) is 6.42 Å². The number of carbonyl (C=O) groups is 1. The summed E-state index contributed by atoms with van der Waals surface area (Å²) < 4.78 is 3.55. The second-order valence-electron chi connectivity index (χ2n) is 4.79. The molecule has 1 atom stereocenters. The summed E-state index contributed by atoms with van der Waals surface area (Å²) in [6.07, 6.45) is 9.01. The number of hydrogen-bond donors (Lipinski definition) is 0. The summed E-state index contributed by atoms with van der Waals surface area (Å²) in [4.78, 5) is 14.1. The predicted octanol–water partition coefficient (Wildman–Crippen LogP) is 1.40. The highest BCUT2D eigenvalue weighted by Gasteiger charge is 2.23. The number of rotatable bonds is 0. The van der Waals surface area contributed by atoms with Crippen LogP contribution < -0.4 is 4.57 Å². The van der Waals surface area contributed by atoms with Crippen molar-refractivity contribution >= 4 is 6.03 Å². The van der Waals surface area contributed by atoms with Crippen molar-refractivity contribution in [3.8, 4) is 0 Å². The van der Waals surface area contributed by atoms with Gasteiger partial charge in [-0.05, 0) is 25.2 Å². The summed E-state index contributed by atoms with van der Waals surface area (Å²) >= 11 is 0. The van der Waals surface area contributed by atoms with Crippen molar-refractivity contribution in [3.63, 3.8) is 0 Å². The third-order valence-corrected chi connectivity index (χ3v) is 3.28. The molecule has 4 heteroatoms. The lowest BCUT2D eigenvalue weighted by Gasteiger charge is -2.16. The van der Waals surface area contributed by atoms with E-state index in [-0.39, 0.29) is 6.03 Å². The minimum Gasteiger partial charge on any atom is -0.304 e. The van der Waals surface area contributed by atoms with Crippen LogP contribution in [-0.4, -0.2) is 28.6 Å². The molecule has 2 heterocycles. The van der Waals surface area contributed by atoms with Gasteiger partial charge in [0.2, 0.25) is 0 Å². The molecule has 1 aliphatic rings. The molecule has 0 aromatic carbocycles. The average molecular weight is 222 g/mol. The molecule has 0 aliphatic carbocycles. The maximum absolute atomic E-state index is 12.1. The van der Waals surface area contributed by atoms with Crippen LogP contribution in [0.4, 0.5) is 4.79 Å². The van der Waals surface area contributed by atoms with E-state index in [4.69, 9.17) is 0 Å². The lowest BCUT2D eigenvalue weighted by molar-refractivity contribution is -0.670. The molecule has 0 N–H and O–H groups in total. The van der Waals surface area contributed by atoms with Crippen molar-refractivity contribution in [1.82, 2.24) is 9.47 Å². The van der Waals surface area contributed by atoms with Crippen LogP contribution in [0, 0.1) is 5.92 Å². The molecule has 1 saturated heterocycles. The second-order valence-corrected chi connectivity index (χ2v) is 4.79. The zero-order valence-corrected chi connectivity index (χ0v) is 10.1. The Labute approximate surface area is 96.5 Å². The molecule has 1 fully saturated rings. The van der Waals surface area contributed by atoms with Crippen LogP contribution in [0.5, 0.6) is 0 Å². The third kappa shape index (κ3) is 2.43. The van der Waals surface area contributed by atoms with Gasteiger partial charge in [0.25, 0.3) is 6.33 Å². The summed E-state index contributed by atoms with van der Waals surface area (Å²) in [6, 6.07) is 0.106. The maximum Gasteiger partial charge on any atom is 0.415 e. The van der Waals surface area contributed by atoms with Crippen molar-refractivity contribution in [3.05, 3.63) is 18.7 Å². The van der Waals surface area contributed by atoms with Crippen molar-refractivity contribution in [2.45, 2.75) is 26.2 Å². The van der Waals surface area contributed by atoms with Gasteiger partial charge in [0.15, 0.2) is 0 Å². The molecule has 2 rings (SSSR count). The maximum atomic E-state index is 12.1. The Kier molecular flexibility index (Phi) is 3.27. The Morgan fingerprint density at radius 2 is 2.19 bits per heavy atom. The van der Waals surface area contributed by atoms with E-state index in [0.29, 0.717) is 0 Å². The third-order valence-electron chi connectivity index (χ3n) is 3.28. The summed E-state index contributed by atoms with van der Waals surface area (Å²) in [7, 11) is 1.92. The molecule has 1 aromatic rings. The van der Waals surface area contributed by atoms with Gasteiger partial charge in [-0.2, -0.15) is 4.57 Å². The van der Waals surface area contributed by atoms with E-state index >= 15 is 0 Å². The largest absolute Gasteiger partial charge is 0.415 e. The molecule has 4 nitrogen and oxygen atoms in total. The molecule has 0 bridgehead atoms. The normalized spacial score (nSPS) is 21.9. The Hall–Kier alpha value is -1.32. The Bertz CT molecular complexity index is 372. The van der Waals surface area contributed by atoms with Gasteiger partial charge < -0.3 is 4.90 Å². The Morgan fingerprint density at radius 3 is 2.88 bits per heavy atom. The molecular formula is C12H20N3O+. The first-order chi connectivity index (χ1) is 7.66. The van der Waals surface area contributed by atoms with Crippen LogP contribution >= 0.6 is 0 Å². The molecule has 1 aromatic heterocycles. The van der Waals surface area contributed by atoms with Gasteiger partial charge in [0.05, 0.1) is 7.05 Å². The van der Waals surface area contributed by atoms with E-state index in [2.05, 4.69) is 6.92 Å². The highest BCUT2D eigenvalue weighted by Crippen LogP contribution is 2.16. The van der Waals surface area contributed by atoms with E-state index in [0.717, 1.165) is 31.8 Å². The molecular weight excluding hydrogens is 202 g/mol. The van der Waals surface area contributed by atoms with Gasteiger partial charge in [0, 0.05) is 13.1 Å². The zero-order valence-electron chi connectivity index (χ0n) is 10.1. The molecule has 0 radical (unpaired) electrons. The van der Waals surface area contributed by atoms with Crippen LogP contribution in [0.25, 0.3) is 0 Å². The van der Waals surface area contributed by atoms with Crippen molar-refractivity contribution < 1.29 is 9.36 Å². The summed E-state index contributed by atoms with van der Waals surface area (Å²) in [5.41, 5.74) is 0. The minimum atomic E-state index is 0.106. The van der Waals surface area contributed by atoms with Gasteiger partial charge in [-0.1, -0.05) is 6.92 Å². The lowest BCUT2D eigenvalue weighted by Crippen LogP contribution is -2.36. The second kappa shape index (κ2) is 4.68. The van der Waals surface area contributed by atoms with E-state index in [9.17, 15) is 4.79 Å². The number of carbonyl (C=O) groups excluding carboxylic acids is 1. The molecule has 16 heavy (non-hydrogen) atoms. The highest BCUT2D eigenvalue weighted by molar-refractivity contribution is 5.76. The molecule has 1 amide bonds. The zero-order chi connectivity index (χ0) is 11.5. The first-order valence-corrected chi connectivity index (χ1v) is 5.99. The molecule has 0 spiro atoms. The predicted molar refractivity (Wildman–Crippen MR) is 61.0 cm³/mol. The number of likely N-dealkylation sites (tertiary alicyclic amines) is 1. The Morgan fingerprint density at radius 1 is 1.38 bits per heavy atom. The van der Waals surface area contributed by atoms with E-state index in [1.54, 1.807) is 4.57 Å². The lowest BCUT2D eigenvalue weighted by atomic mass is 10.0. The molecule has 88 valence electrons. The number of aryl methyl sites for hydroxylation is 1. The monoisotopic (exact) mass is 222 g/mol. The number of aromatic nitrogens is 2. The van der Waals surface area contributed by atoms with Crippen molar-refractivity contribution in [1.29, 1.82) is 0 Å². The van der Waals surface area contributed by atoms with Crippen molar-refractivity contribution in [2.24, 2.45) is 13.0 Å². The standard InChI is InChI=1S/C12H20N3O/c1-11-4-3-6-14(7-5-11)12(16)15-9-8-13(2)10-15/h8-11H,3-7H2,1-2H3/q+1. The van der Waals surface area contributed by atoms with Crippen molar-refractivity contribution in [2.75, 3.05) is 13.1 Å². The van der Waals surface area contributed by atoms with Crippen LogP contribution in [-0.2, 0) is 7.05 Å². The summed E-state index contributed by atoms with van der Waals surface area (Å²) in [5, 5.41) is 0. The van der Waals surface area contributed by atoms with E-state index in [1.807, 2.05) is 35.2 Å². The van der Waals surface area contributed by atoms with Crippen LogP contribution in [0.15, 0.2) is 18.7 Å². The van der Waals surface area contributed by atoms with Gasteiger partial charge in [0.1, 0.15) is 12.4 Å².